The predicted octanol–water partition coefficient (Wildman–Crippen LogP) is 3.63. The zero-order chi connectivity index (χ0) is 19.4. The Balaban J connectivity index is 1.79. The third-order valence-electron chi connectivity index (χ3n) is 4.05. The van der Waals surface area contributed by atoms with E-state index >= 15 is 0 Å². The van der Waals surface area contributed by atoms with Gasteiger partial charge in [-0.1, -0.05) is 18.2 Å². The molecule has 0 aliphatic heterocycles. The Bertz CT molecular complexity index is 1060. The van der Waals surface area contributed by atoms with Crippen molar-refractivity contribution in [2.45, 2.75) is 25.3 Å². The van der Waals surface area contributed by atoms with E-state index in [4.69, 9.17) is 4.42 Å². The highest BCUT2D eigenvalue weighted by Crippen LogP contribution is 2.21. The maximum Gasteiger partial charge on any atom is 0.261 e. The van der Waals surface area contributed by atoms with E-state index in [9.17, 15) is 13.2 Å². The number of anilines is 1. The van der Waals surface area contributed by atoms with Gasteiger partial charge in [0.25, 0.3) is 15.9 Å². The fraction of sp³-hybridized carbons (Fsp3) is 0.150. The average molecular weight is 384 g/mol. The van der Waals surface area contributed by atoms with Crippen molar-refractivity contribution in [3.05, 3.63) is 83.3 Å². The van der Waals surface area contributed by atoms with Gasteiger partial charge in [0.1, 0.15) is 5.76 Å². The number of amides is 1. The van der Waals surface area contributed by atoms with Crippen LogP contribution in [0.25, 0.3) is 0 Å². The standard InChI is InChI=1S/C20H20N2O4S/c1-14-8-9-15(2)19(11-14)22-27(24,25)18-7-3-5-16(12-18)20(23)21-13-17-6-4-10-26-17/h3-12,22H,13H2,1-2H3,(H,21,23). The highest BCUT2D eigenvalue weighted by atomic mass is 32.2. The Morgan fingerprint density at radius 3 is 2.59 bits per heavy atom. The van der Waals surface area contributed by atoms with E-state index in [0.29, 0.717) is 11.4 Å². The highest BCUT2D eigenvalue weighted by molar-refractivity contribution is 7.92. The summed E-state index contributed by atoms with van der Waals surface area (Å²) in [5.74, 6) is 0.235. The van der Waals surface area contributed by atoms with Gasteiger partial charge in [-0.25, -0.2) is 8.42 Å². The van der Waals surface area contributed by atoms with Crippen LogP contribution in [-0.2, 0) is 16.6 Å². The molecule has 7 heteroatoms. The third kappa shape index (κ3) is 4.57. The zero-order valence-electron chi connectivity index (χ0n) is 15.0. The molecule has 1 aromatic heterocycles. The minimum Gasteiger partial charge on any atom is -0.467 e. The fourth-order valence-corrected chi connectivity index (χ4v) is 3.70. The summed E-state index contributed by atoms with van der Waals surface area (Å²) in [4.78, 5) is 12.3. The van der Waals surface area contributed by atoms with Crippen LogP contribution in [0.5, 0.6) is 0 Å². The number of sulfonamides is 1. The first kappa shape index (κ1) is 18.7. The molecule has 0 bridgehead atoms. The summed E-state index contributed by atoms with van der Waals surface area (Å²) in [7, 11) is -3.82. The molecule has 140 valence electrons. The molecule has 3 rings (SSSR count). The molecule has 0 saturated carbocycles. The number of hydrogen-bond acceptors (Lipinski definition) is 4. The van der Waals surface area contributed by atoms with Crippen LogP contribution in [0.2, 0.25) is 0 Å². The summed E-state index contributed by atoms with van der Waals surface area (Å²) < 4.78 is 33.2. The van der Waals surface area contributed by atoms with Crippen molar-refractivity contribution in [2.24, 2.45) is 0 Å². The van der Waals surface area contributed by atoms with Gasteiger partial charge in [-0.05, 0) is 61.4 Å². The van der Waals surface area contributed by atoms with Crippen LogP contribution >= 0.6 is 0 Å². The van der Waals surface area contributed by atoms with Crippen LogP contribution in [0.15, 0.2) is 70.2 Å². The molecule has 0 fully saturated rings. The van der Waals surface area contributed by atoms with Crippen molar-refractivity contribution in [2.75, 3.05) is 4.72 Å². The summed E-state index contributed by atoms with van der Waals surface area (Å²) in [5.41, 5.74) is 2.54. The molecule has 2 N–H and O–H groups in total. The van der Waals surface area contributed by atoms with Gasteiger partial charge in [-0.2, -0.15) is 0 Å². The largest absolute Gasteiger partial charge is 0.467 e. The molecule has 1 amide bonds. The summed E-state index contributed by atoms with van der Waals surface area (Å²) in [6.45, 7) is 3.95. The lowest BCUT2D eigenvalue weighted by Crippen LogP contribution is -2.23. The van der Waals surface area contributed by atoms with Gasteiger partial charge < -0.3 is 9.73 Å². The molecule has 0 saturated heterocycles. The van der Waals surface area contributed by atoms with Crippen molar-refractivity contribution >= 4 is 21.6 Å². The van der Waals surface area contributed by atoms with E-state index in [2.05, 4.69) is 10.0 Å². The van der Waals surface area contributed by atoms with E-state index < -0.39 is 10.0 Å². The Morgan fingerprint density at radius 1 is 1.04 bits per heavy atom. The van der Waals surface area contributed by atoms with Crippen molar-refractivity contribution in [1.29, 1.82) is 0 Å². The van der Waals surface area contributed by atoms with Crippen LogP contribution in [0, 0.1) is 13.8 Å². The Morgan fingerprint density at radius 2 is 1.85 bits per heavy atom. The number of nitrogens with one attached hydrogen (secondary N) is 2. The second kappa shape index (κ2) is 7.67. The lowest BCUT2D eigenvalue weighted by atomic mass is 10.1. The molecule has 0 aliphatic rings. The number of rotatable bonds is 6. The highest BCUT2D eigenvalue weighted by Gasteiger charge is 2.17. The van der Waals surface area contributed by atoms with E-state index in [-0.39, 0.29) is 22.9 Å². The van der Waals surface area contributed by atoms with E-state index in [1.165, 1.54) is 18.4 Å². The summed E-state index contributed by atoms with van der Waals surface area (Å²) in [5, 5.41) is 2.70. The second-order valence-corrected chi connectivity index (χ2v) is 7.90. The molecule has 27 heavy (non-hydrogen) atoms. The van der Waals surface area contributed by atoms with Crippen LogP contribution in [0.1, 0.15) is 27.2 Å². The van der Waals surface area contributed by atoms with Crippen molar-refractivity contribution in [1.82, 2.24) is 5.32 Å². The van der Waals surface area contributed by atoms with Crippen LogP contribution in [-0.4, -0.2) is 14.3 Å². The smallest absolute Gasteiger partial charge is 0.261 e. The molecule has 0 unspecified atom stereocenters. The number of carbonyl (C=O) groups excluding carboxylic acids is 1. The Labute approximate surface area is 158 Å². The zero-order valence-corrected chi connectivity index (χ0v) is 15.8. The molecule has 1 heterocycles. The van der Waals surface area contributed by atoms with Gasteiger partial charge in [-0.3, -0.25) is 9.52 Å². The molecule has 3 aromatic rings. The molecule has 6 nitrogen and oxygen atoms in total. The first-order valence-electron chi connectivity index (χ1n) is 8.36. The van der Waals surface area contributed by atoms with Gasteiger partial charge >= 0.3 is 0 Å². The minimum absolute atomic E-state index is 0.0223. The monoisotopic (exact) mass is 384 g/mol. The van der Waals surface area contributed by atoms with Gasteiger partial charge in [0.15, 0.2) is 0 Å². The van der Waals surface area contributed by atoms with Crippen LogP contribution < -0.4 is 10.0 Å². The van der Waals surface area contributed by atoms with Gasteiger partial charge in [-0.15, -0.1) is 0 Å². The topological polar surface area (TPSA) is 88.4 Å². The molecule has 0 radical (unpaired) electrons. The first-order valence-corrected chi connectivity index (χ1v) is 9.84. The van der Waals surface area contributed by atoms with Gasteiger partial charge in [0, 0.05) is 5.56 Å². The molecular weight excluding hydrogens is 364 g/mol. The number of carbonyl (C=O) groups is 1. The maximum absolute atomic E-state index is 12.7. The first-order chi connectivity index (χ1) is 12.8. The lowest BCUT2D eigenvalue weighted by Gasteiger charge is -2.12. The molecule has 0 aliphatic carbocycles. The predicted molar refractivity (Wildman–Crippen MR) is 103 cm³/mol. The molecule has 0 spiro atoms. The van der Waals surface area contributed by atoms with Gasteiger partial charge in [0.05, 0.1) is 23.4 Å². The quantitative estimate of drug-likeness (QED) is 0.679. The summed E-state index contributed by atoms with van der Waals surface area (Å²) in [6.07, 6.45) is 1.52. The normalized spacial score (nSPS) is 11.2. The Hall–Kier alpha value is -3.06. The van der Waals surface area contributed by atoms with Crippen molar-refractivity contribution in [3.63, 3.8) is 0 Å². The number of aryl methyl sites for hydroxylation is 2. The fourth-order valence-electron chi connectivity index (χ4n) is 2.54. The van der Waals surface area contributed by atoms with Crippen molar-refractivity contribution in [3.8, 4) is 0 Å². The van der Waals surface area contributed by atoms with Crippen molar-refractivity contribution < 1.29 is 17.6 Å². The Kier molecular flexibility index (Phi) is 5.32. The van der Waals surface area contributed by atoms with E-state index in [1.807, 2.05) is 26.0 Å². The molecular formula is C20H20N2O4S. The van der Waals surface area contributed by atoms with Gasteiger partial charge in [0.2, 0.25) is 0 Å². The lowest BCUT2D eigenvalue weighted by molar-refractivity contribution is 0.0948. The molecule has 0 atom stereocenters. The molecule has 2 aromatic carbocycles. The number of furan rings is 1. The minimum atomic E-state index is -3.82. The third-order valence-corrected chi connectivity index (χ3v) is 5.41. The van der Waals surface area contributed by atoms with Crippen LogP contribution in [0.3, 0.4) is 0 Å². The maximum atomic E-state index is 12.7. The average Bonchev–Trinajstić information content (AvgIpc) is 3.16. The van der Waals surface area contributed by atoms with E-state index in [1.54, 1.807) is 30.3 Å². The van der Waals surface area contributed by atoms with Crippen LogP contribution in [0.4, 0.5) is 5.69 Å². The SMILES string of the molecule is Cc1ccc(C)c(NS(=O)(=O)c2cccc(C(=O)NCc3ccco3)c2)c1. The van der Waals surface area contributed by atoms with E-state index in [0.717, 1.165) is 11.1 Å². The second-order valence-electron chi connectivity index (χ2n) is 6.21. The number of hydrogen-bond donors (Lipinski definition) is 2. The summed E-state index contributed by atoms with van der Waals surface area (Å²) >= 11 is 0. The number of benzene rings is 2. The summed E-state index contributed by atoms with van der Waals surface area (Å²) in [6, 6.07) is 14.9.